The van der Waals surface area contributed by atoms with Crippen LogP contribution in [0.1, 0.15) is 18.0 Å². The third kappa shape index (κ3) is 4.79. The number of nitrogens with zero attached hydrogens (tertiary/aromatic N) is 1. The van der Waals surface area contributed by atoms with Crippen molar-refractivity contribution in [2.45, 2.75) is 12.5 Å². The molecule has 0 spiro atoms. The quantitative estimate of drug-likeness (QED) is 0.881. The zero-order chi connectivity index (χ0) is 14.6. The van der Waals surface area contributed by atoms with Crippen LogP contribution in [0.3, 0.4) is 0 Å². The normalized spacial score (nSPS) is 20.0. The van der Waals surface area contributed by atoms with Crippen LogP contribution in [0.25, 0.3) is 0 Å². The Morgan fingerprint density at radius 2 is 2.19 bits per heavy atom. The van der Waals surface area contributed by atoms with Gasteiger partial charge in [-0.15, -0.1) is 12.4 Å². The van der Waals surface area contributed by atoms with Gasteiger partial charge < -0.3 is 5.32 Å². The SMILES string of the molecule is Cl.O=S(=O)(CCCF)N1CCNCC1c1cccc(Cl)c1. The second kappa shape index (κ2) is 8.29. The highest BCUT2D eigenvalue weighted by atomic mass is 35.5. The molecule has 0 saturated carbocycles. The van der Waals surface area contributed by atoms with E-state index < -0.39 is 16.7 Å². The number of rotatable bonds is 5. The largest absolute Gasteiger partial charge is 0.313 e. The zero-order valence-electron chi connectivity index (χ0n) is 11.5. The second-order valence-electron chi connectivity index (χ2n) is 4.74. The summed E-state index contributed by atoms with van der Waals surface area (Å²) in [4.78, 5) is 0. The Morgan fingerprint density at radius 3 is 2.86 bits per heavy atom. The molecule has 0 amide bonds. The van der Waals surface area contributed by atoms with Crippen LogP contribution in [0.15, 0.2) is 24.3 Å². The molecule has 21 heavy (non-hydrogen) atoms. The minimum absolute atomic E-state index is 0. The molecular formula is C13H19Cl2FN2O2S. The molecule has 8 heteroatoms. The summed E-state index contributed by atoms with van der Waals surface area (Å²) in [6, 6.07) is 6.91. The number of piperazine rings is 1. The van der Waals surface area contributed by atoms with Gasteiger partial charge in [-0.05, 0) is 24.1 Å². The Balaban J connectivity index is 0.00000220. The zero-order valence-corrected chi connectivity index (χ0v) is 13.9. The molecule has 1 N–H and O–H groups in total. The third-order valence-electron chi connectivity index (χ3n) is 3.32. The fourth-order valence-electron chi connectivity index (χ4n) is 2.37. The molecule has 1 unspecified atom stereocenters. The molecular weight excluding hydrogens is 338 g/mol. The highest BCUT2D eigenvalue weighted by molar-refractivity contribution is 7.89. The van der Waals surface area contributed by atoms with Gasteiger partial charge in [-0.1, -0.05) is 23.7 Å². The van der Waals surface area contributed by atoms with Gasteiger partial charge in [0.15, 0.2) is 0 Å². The second-order valence-corrected chi connectivity index (χ2v) is 7.22. The Morgan fingerprint density at radius 1 is 1.43 bits per heavy atom. The summed E-state index contributed by atoms with van der Waals surface area (Å²) in [5.74, 6) is -0.152. The van der Waals surface area contributed by atoms with Crippen LogP contribution in [0, 0.1) is 0 Å². The van der Waals surface area contributed by atoms with E-state index in [1.54, 1.807) is 18.2 Å². The number of benzene rings is 1. The van der Waals surface area contributed by atoms with Crippen LogP contribution in [0.5, 0.6) is 0 Å². The van der Waals surface area contributed by atoms with Crippen LogP contribution in [0.2, 0.25) is 5.02 Å². The first-order valence-corrected chi connectivity index (χ1v) is 8.55. The first kappa shape index (κ1) is 18.6. The molecule has 0 radical (unpaired) electrons. The molecule has 1 aliphatic rings. The number of hydrogen-bond acceptors (Lipinski definition) is 3. The monoisotopic (exact) mass is 356 g/mol. The maximum Gasteiger partial charge on any atom is 0.214 e. The summed E-state index contributed by atoms with van der Waals surface area (Å²) in [6.07, 6.45) is 0.0362. The third-order valence-corrected chi connectivity index (χ3v) is 5.51. The average Bonchev–Trinajstić information content (AvgIpc) is 2.45. The minimum atomic E-state index is -3.45. The molecule has 1 fully saturated rings. The maximum atomic E-state index is 12.3. The molecule has 4 nitrogen and oxygen atoms in total. The first-order chi connectivity index (χ1) is 9.54. The van der Waals surface area contributed by atoms with Gasteiger partial charge in [0.2, 0.25) is 10.0 Å². The highest BCUT2D eigenvalue weighted by Gasteiger charge is 2.32. The fourth-order valence-corrected chi connectivity index (χ4v) is 4.23. The van der Waals surface area contributed by atoms with Crippen molar-refractivity contribution in [3.05, 3.63) is 34.9 Å². The fraction of sp³-hybridized carbons (Fsp3) is 0.538. The Kier molecular flexibility index (Phi) is 7.36. The summed E-state index contributed by atoms with van der Waals surface area (Å²) < 4.78 is 38.3. The van der Waals surface area contributed by atoms with Gasteiger partial charge in [-0.25, -0.2) is 8.42 Å². The van der Waals surface area contributed by atoms with E-state index in [1.165, 1.54) is 4.31 Å². The number of sulfonamides is 1. The van der Waals surface area contributed by atoms with Crippen LogP contribution >= 0.6 is 24.0 Å². The smallest absolute Gasteiger partial charge is 0.214 e. The summed E-state index contributed by atoms with van der Waals surface area (Å²) >= 11 is 5.97. The van der Waals surface area contributed by atoms with Crippen molar-refractivity contribution in [3.8, 4) is 0 Å². The molecule has 120 valence electrons. The van der Waals surface area contributed by atoms with E-state index in [0.717, 1.165) is 5.56 Å². The molecule has 1 heterocycles. The van der Waals surface area contributed by atoms with Gasteiger partial charge in [-0.2, -0.15) is 4.31 Å². The lowest BCUT2D eigenvalue weighted by atomic mass is 10.1. The van der Waals surface area contributed by atoms with E-state index in [1.807, 2.05) is 6.07 Å². The lowest BCUT2D eigenvalue weighted by Gasteiger charge is -2.35. The molecule has 1 aromatic carbocycles. The van der Waals surface area contributed by atoms with E-state index in [9.17, 15) is 12.8 Å². The Hall–Kier alpha value is -0.400. The predicted molar refractivity (Wildman–Crippen MR) is 85.4 cm³/mol. The van der Waals surface area contributed by atoms with E-state index in [2.05, 4.69) is 5.32 Å². The number of halogens is 3. The predicted octanol–water partition coefficient (Wildman–Crippen LogP) is 2.40. The van der Waals surface area contributed by atoms with Gasteiger partial charge in [0.05, 0.1) is 18.5 Å². The van der Waals surface area contributed by atoms with Gasteiger partial charge in [-0.3, -0.25) is 4.39 Å². The molecule has 1 saturated heterocycles. The summed E-state index contributed by atoms with van der Waals surface area (Å²) in [5.41, 5.74) is 0.855. The van der Waals surface area contributed by atoms with Crippen molar-refractivity contribution in [2.75, 3.05) is 32.1 Å². The standard InChI is InChI=1S/C13H18ClFN2O2S.ClH/c14-12-4-1-3-11(9-12)13-10-16-6-7-17(13)20(18,19)8-2-5-15;/h1,3-4,9,13,16H,2,5-8,10H2;1H. The van der Waals surface area contributed by atoms with Gasteiger partial charge >= 0.3 is 0 Å². The lowest BCUT2D eigenvalue weighted by Crippen LogP contribution is -2.49. The molecule has 0 aromatic heterocycles. The molecule has 1 aromatic rings. The number of hydrogen-bond donors (Lipinski definition) is 1. The van der Waals surface area contributed by atoms with Gasteiger partial charge in [0.25, 0.3) is 0 Å². The van der Waals surface area contributed by atoms with Crippen LogP contribution in [0.4, 0.5) is 4.39 Å². The Bertz CT molecular complexity index is 557. The molecule has 1 aliphatic heterocycles. The lowest BCUT2D eigenvalue weighted by molar-refractivity contribution is 0.271. The number of alkyl halides is 1. The van der Waals surface area contributed by atoms with E-state index >= 15 is 0 Å². The van der Waals surface area contributed by atoms with Gasteiger partial charge in [0.1, 0.15) is 0 Å². The van der Waals surface area contributed by atoms with Gasteiger partial charge in [0, 0.05) is 24.7 Å². The maximum absolute atomic E-state index is 12.3. The number of nitrogens with one attached hydrogen (secondary N) is 1. The molecule has 0 bridgehead atoms. The molecule has 2 rings (SSSR count). The van der Waals surface area contributed by atoms with Crippen molar-refractivity contribution in [2.24, 2.45) is 0 Å². The van der Waals surface area contributed by atoms with Crippen LogP contribution in [-0.4, -0.2) is 44.8 Å². The van der Waals surface area contributed by atoms with Crippen molar-refractivity contribution < 1.29 is 12.8 Å². The topological polar surface area (TPSA) is 49.4 Å². The Labute approximate surface area is 136 Å². The van der Waals surface area contributed by atoms with E-state index in [0.29, 0.717) is 24.7 Å². The minimum Gasteiger partial charge on any atom is -0.313 e. The summed E-state index contributed by atoms with van der Waals surface area (Å²) in [7, 11) is -3.45. The van der Waals surface area contributed by atoms with Crippen molar-refractivity contribution >= 4 is 34.0 Å². The van der Waals surface area contributed by atoms with Crippen LogP contribution in [-0.2, 0) is 10.0 Å². The highest BCUT2D eigenvalue weighted by Crippen LogP contribution is 2.27. The average molecular weight is 357 g/mol. The van der Waals surface area contributed by atoms with Crippen LogP contribution < -0.4 is 5.32 Å². The van der Waals surface area contributed by atoms with Crippen molar-refractivity contribution in [1.29, 1.82) is 0 Å². The van der Waals surface area contributed by atoms with E-state index in [-0.39, 0.29) is 30.6 Å². The molecule has 0 aliphatic carbocycles. The summed E-state index contributed by atoms with van der Waals surface area (Å²) in [5, 5.41) is 3.77. The van der Waals surface area contributed by atoms with Crippen molar-refractivity contribution in [1.82, 2.24) is 9.62 Å². The summed E-state index contributed by atoms with van der Waals surface area (Å²) in [6.45, 7) is 0.917. The van der Waals surface area contributed by atoms with E-state index in [4.69, 9.17) is 11.6 Å². The first-order valence-electron chi connectivity index (χ1n) is 6.56. The molecule has 1 atom stereocenters. The van der Waals surface area contributed by atoms with Crippen molar-refractivity contribution in [3.63, 3.8) is 0 Å².